The predicted molar refractivity (Wildman–Crippen MR) is 112 cm³/mol. The molecule has 0 unspecified atom stereocenters. The van der Waals surface area contributed by atoms with Crippen LogP contribution < -0.4 is 14.3 Å². The van der Waals surface area contributed by atoms with Gasteiger partial charge in [0, 0.05) is 16.1 Å². The van der Waals surface area contributed by atoms with Crippen LogP contribution in [0, 0.1) is 0 Å². The minimum absolute atomic E-state index is 0.0337. The number of halogens is 2. The monoisotopic (exact) mass is 454 g/mol. The van der Waals surface area contributed by atoms with E-state index in [-0.39, 0.29) is 14.9 Å². The molecule has 2 N–H and O–H groups in total. The summed E-state index contributed by atoms with van der Waals surface area (Å²) in [6.45, 7) is 0. The van der Waals surface area contributed by atoms with Gasteiger partial charge in [0.15, 0.2) is 11.5 Å². The maximum absolute atomic E-state index is 12.4. The number of benzene rings is 2. The quantitative estimate of drug-likeness (QED) is 0.417. The van der Waals surface area contributed by atoms with Crippen molar-refractivity contribution in [3.8, 4) is 22.8 Å². The van der Waals surface area contributed by atoms with Gasteiger partial charge in [0.2, 0.25) is 0 Å². The SMILES string of the molecule is COc1ccc(-c2[nH]ncc2C=NNS(=O)(=O)c2cc(Cl)ccc2Cl)cc1OC. The molecule has 0 bridgehead atoms. The van der Waals surface area contributed by atoms with E-state index in [4.69, 9.17) is 32.7 Å². The number of hydrazone groups is 1. The molecule has 1 heterocycles. The van der Waals surface area contributed by atoms with Gasteiger partial charge in [-0.2, -0.15) is 18.6 Å². The lowest BCUT2D eigenvalue weighted by Gasteiger charge is -2.09. The van der Waals surface area contributed by atoms with E-state index in [9.17, 15) is 8.42 Å². The second kappa shape index (κ2) is 8.73. The van der Waals surface area contributed by atoms with Gasteiger partial charge < -0.3 is 9.47 Å². The van der Waals surface area contributed by atoms with Crippen LogP contribution in [0.1, 0.15) is 5.56 Å². The summed E-state index contributed by atoms with van der Waals surface area (Å²) >= 11 is 11.8. The molecule has 2 aromatic carbocycles. The molecule has 11 heteroatoms. The molecule has 3 aromatic rings. The van der Waals surface area contributed by atoms with Crippen molar-refractivity contribution in [3.63, 3.8) is 0 Å². The van der Waals surface area contributed by atoms with Gasteiger partial charge in [-0.15, -0.1) is 0 Å². The zero-order valence-electron chi connectivity index (χ0n) is 15.3. The summed E-state index contributed by atoms with van der Waals surface area (Å²) in [5, 5.41) is 10.9. The van der Waals surface area contributed by atoms with Crippen molar-refractivity contribution in [3.05, 3.63) is 58.2 Å². The minimum atomic E-state index is -4.00. The summed E-state index contributed by atoms with van der Waals surface area (Å²) in [4.78, 5) is 1.94. The smallest absolute Gasteiger partial charge is 0.278 e. The number of H-pyrrole nitrogens is 1. The Hall–Kier alpha value is -2.75. The summed E-state index contributed by atoms with van der Waals surface area (Å²) in [5.41, 5.74) is 1.93. The highest BCUT2D eigenvalue weighted by atomic mass is 35.5. The number of nitrogens with zero attached hydrogens (tertiary/aromatic N) is 2. The van der Waals surface area contributed by atoms with Crippen LogP contribution >= 0.6 is 23.2 Å². The lowest BCUT2D eigenvalue weighted by atomic mass is 10.1. The van der Waals surface area contributed by atoms with E-state index < -0.39 is 10.0 Å². The van der Waals surface area contributed by atoms with Crippen LogP contribution in [-0.2, 0) is 10.0 Å². The second-order valence-electron chi connectivity index (χ2n) is 5.70. The fourth-order valence-electron chi connectivity index (χ4n) is 2.51. The Morgan fingerprint density at radius 3 is 2.59 bits per heavy atom. The first-order chi connectivity index (χ1) is 13.9. The number of methoxy groups -OCH3 is 2. The highest BCUT2D eigenvalue weighted by Gasteiger charge is 2.18. The third kappa shape index (κ3) is 4.64. The van der Waals surface area contributed by atoms with Crippen molar-refractivity contribution in [1.82, 2.24) is 15.0 Å². The van der Waals surface area contributed by atoms with Gasteiger partial charge in [0.05, 0.1) is 37.3 Å². The molecule has 0 aliphatic heterocycles. The first-order valence-electron chi connectivity index (χ1n) is 8.11. The van der Waals surface area contributed by atoms with E-state index in [1.807, 2.05) is 6.07 Å². The van der Waals surface area contributed by atoms with E-state index in [0.29, 0.717) is 22.8 Å². The largest absolute Gasteiger partial charge is 0.493 e. The van der Waals surface area contributed by atoms with Gasteiger partial charge in [-0.05, 0) is 36.4 Å². The van der Waals surface area contributed by atoms with E-state index in [0.717, 1.165) is 5.56 Å². The van der Waals surface area contributed by atoms with E-state index in [1.54, 1.807) is 19.2 Å². The number of rotatable bonds is 7. The number of nitrogens with one attached hydrogen (secondary N) is 2. The summed E-state index contributed by atoms with van der Waals surface area (Å²) in [7, 11) is -0.915. The number of hydrogen-bond donors (Lipinski definition) is 2. The zero-order chi connectivity index (χ0) is 21.0. The average Bonchev–Trinajstić information content (AvgIpc) is 3.17. The first kappa shape index (κ1) is 21.0. The first-order valence-corrected chi connectivity index (χ1v) is 10.4. The molecule has 0 saturated heterocycles. The molecule has 0 radical (unpaired) electrons. The number of sulfonamides is 1. The molecule has 0 saturated carbocycles. The topological polar surface area (TPSA) is 106 Å². The summed E-state index contributed by atoms with van der Waals surface area (Å²) in [6, 6.07) is 9.45. The molecule has 3 rings (SSSR count). The van der Waals surface area contributed by atoms with Crippen molar-refractivity contribution in [2.24, 2.45) is 5.10 Å². The van der Waals surface area contributed by atoms with Crippen molar-refractivity contribution in [2.45, 2.75) is 4.90 Å². The van der Waals surface area contributed by atoms with Crippen molar-refractivity contribution in [2.75, 3.05) is 14.2 Å². The molecule has 0 aliphatic carbocycles. The maximum atomic E-state index is 12.4. The highest BCUT2D eigenvalue weighted by Crippen LogP contribution is 2.32. The molecule has 0 atom stereocenters. The van der Waals surface area contributed by atoms with Crippen molar-refractivity contribution >= 4 is 39.4 Å². The van der Waals surface area contributed by atoms with Crippen LogP contribution in [0.25, 0.3) is 11.3 Å². The Balaban J connectivity index is 1.85. The Kier molecular flexibility index (Phi) is 6.31. The number of aromatic amines is 1. The van der Waals surface area contributed by atoms with Gasteiger partial charge in [0.1, 0.15) is 4.90 Å². The van der Waals surface area contributed by atoms with Crippen molar-refractivity contribution in [1.29, 1.82) is 0 Å². The molecule has 8 nitrogen and oxygen atoms in total. The Bertz CT molecular complexity index is 1160. The average molecular weight is 455 g/mol. The van der Waals surface area contributed by atoms with Gasteiger partial charge in [-0.25, -0.2) is 4.83 Å². The number of ether oxygens (including phenoxy) is 2. The lowest BCUT2D eigenvalue weighted by Crippen LogP contribution is -2.18. The molecule has 0 amide bonds. The summed E-state index contributed by atoms with van der Waals surface area (Å²) in [5.74, 6) is 1.12. The normalized spacial score (nSPS) is 11.6. The second-order valence-corrected chi connectivity index (χ2v) is 8.17. The van der Waals surface area contributed by atoms with Gasteiger partial charge in [-0.3, -0.25) is 5.10 Å². The minimum Gasteiger partial charge on any atom is -0.493 e. The molecule has 0 aliphatic rings. The predicted octanol–water partition coefficient (Wildman–Crippen LogP) is 3.71. The molecular formula is C18H16Cl2N4O4S. The van der Waals surface area contributed by atoms with Gasteiger partial charge in [0.25, 0.3) is 10.0 Å². The van der Waals surface area contributed by atoms with Crippen LogP contribution in [0.3, 0.4) is 0 Å². The standard InChI is InChI=1S/C18H16Cl2N4O4S/c1-27-15-6-3-11(7-16(15)28-2)18-12(9-21-23-18)10-22-24-29(25,26)17-8-13(19)4-5-14(17)20/h3-10,24H,1-2H3,(H,21,23). The Morgan fingerprint density at radius 1 is 1.10 bits per heavy atom. The number of aromatic nitrogens is 2. The van der Waals surface area contributed by atoms with E-state index >= 15 is 0 Å². The van der Waals surface area contributed by atoms with Gasteiger partial charge >= 0.3 is 0 Å². The lowest BCUT2D eigenvalue weighted by molar-refractivity contribution is 0.355. The molecule has 0 spiro atoms. The zero-order valence-corrected chi connectivity index (χ0v) is 17.6. The van der Waals surface area contributed by atoms with Crippen LogP contribution in [-0.4, -0.2) is 39.0 Å². The van der Waals surface area contributed by atoms with Crippen LogP contribution in [0.5, 0.6) is 11.5 Å². The molecular weight excluding hydrogens is 439 g/mol. The Labute approximate surface area is 177 Å². The number of hydrogen-bond acceptors (Lipinski definition) is 6. The van der Waals surface area contributed by atoms with Crippen LogP contribution in [0.4, 0.5) is 0 Å². The Morgan fingerprint density at radius 2 is 1.86 bits per heavy atom. The molecule has 1 aromatic heterocycles. The third-order valence-corrected chi connectivity index (χ3v) is 5.84. The molecule has 29 heavy (non-hydrogen) atoms. The van der Waals surface area contributed by atoms with E-state index in [1.165, 1.54) is 37.7 Å². The van der Waals surface area contributed by atoms with Crippen LogP contribution in [0.15, 0.2) is 52.6 Å². The van der Waals surface area contributed by atoms with Crippen molar-refractivity contribution < 1.29 is 17.9 Å². The van der Waals surface area contributed by atoms with Crippen LogP contribution in [0.2, 0.25) is 10.0 Å². The van der Waals surface area contributed by atoms with Gasteiger partial charge in [-0.1, -0.05) is 23.2 Å². The third-order valence-electron chi connectivity index (χ3n) is 3.90. The fraction of sp³-hybridized carbons (Fsp3) is 0.111. The maximum Gasteiger partial charge on any atom is 0.278 e. The fourth-order valence-corrected chi connectivity index (χ4v) is 4.07. The highest BCUT2D eigenvalue weighted by molar-refractivity contribution is 7.89. The van der Waals surface area contributed by atoms with E-state index in [2.05, 4.69) is 20.1 Å². The molecule has 152 valence electrons. The summed E-state index contributed by atoms with van der Waals surface area (Å²) in [6.07, 6.45) is 2.84. The molecule has 0 fully saturated rings. The summed E-state index contributed by atoms with van der Waals surface area (Å²) < 4.78 is 35.4.